The molecule has 0 spiro atoms. The van der Waals surface area contributed by atoms with Crippen LogP contribution in [0.2, 0.25) is 6.04 Å². The fraction of sp³-hybridized carbons (Fsp3) is 0.455. The van der Waals surface area contributed by atoms with Crippen LogP contribution in [0.4, 0.5) is 8.78 Å². The standard InChI is InChI=1S/C11H16F2Si/c12-11(13)7-4-8-14-9-10-5-2-1-3-6-10/h1-3,5-6,11H,4,7-9,14H2. The average Bonchev–Trinajstić information content (AvgIpc) is 2.18. The van der Waals surface area contributed by atoms with Crippen LogP contribution >= 0.6 is 0 Å². The van der Waals surface area contributed by atoms with Gasteiger partial charge in [0.05, 0.1) is 0 Å². The maximum Gasteiger partial charge on any atom is 0.238 e. The molecule has 0 radical (unpaired) electrons. The monoisotopic (exact) mass is 214 g/mol. The second-order valence-corrected chi connectivity index (χ2v) is 5.39. The molecule has 0 amide bonds. The van der Waals surface area contributed by atoms with E-state index >= 15 is 0 Å². The number of hydrogen-bond donors (Lipinski definition) is 0. The van der Waals surface area contributed by atoms with E-state index in [1.807, 2.05) is 18.2 Å². The first-order chi connectivity index (χ1) is 6.79. The van der Waals surface area contributed by atoms with Crippen LogP contribution in [-0.2, 0) is 6.04 Å². The van der Waals surface area contributed by atoms with Gasteiger partial charge in [-0.3, -0.25) is 0 Å². The predicted molar refractivity (Wildman–Crippen MR) is 58.7 cm³/mol. The van der Waals surface area contributed by atoms with Gasteiger partial charge in [0, 0.05) is 15.9 Å². The van der Waals surface area contributed by atoms with E-state index in [-0.39, 0.29) is 15.9 Å². The number of benzene rings is 1. The van der Waals surface area contributed by atoms with Crippen molar-refractivity contribution >= 4 is 9.52 Å². The zero-order valence-corrected chi connectivity index (χ0v) is 9.67. The number of rotatable bonds is 6. The van der Waals surface area contributed by atoms with Crippen LogP contribution in [0, 0.1) is 0 Å². The molecule has 0 saturated carbocycles. The molecule has 1 aromatic rings. The summed E-state index contributed by atoms with van der Waals surface area (Å²) in [7, 11) is -0.163. The van der Waals surface area contributed by atoms with Crippen LogP contribution in [-0.4, -0.2) is 15.9 Å². The number of hydrogen-bond acceptors (Lipinski definition) is 0. The fourth-order valence-electron chi connectivity index (χ4n) is 1.45. The Balaban J connectivity index is 2.05. The molecule has 0 aromatic heterocycles. The Morgan fingerprint density at radius 3 is 2.50 bits per heavy atom. The minimum absolute atomic E-state index is 0.0851. The molecule has 78 valence electrons. The van der Waals surface area contributed by atoms with Crippen molar-refractivity contribution in [3.8, 4) is 0 Å². The molecule has 3 heteroatoms. The molecule has 0 nitrogen and oxygen atoms in total. The lowest BCUT2D eigenvalue weighted by Gasteiger charge is -2.00. The molecule has 1 aromatic carbocycles. The van der Waals surface area contributed by atoms with Gasteiger partial charge >= 0.3 is 0 Å². The third-order valence-electron chi connectivity index (χ3n) is 2.23. The molecule has 0 bridgehead atoms. The first kappa shape index (κ1) is 11.4. The summed E-state index contributed by atoms with van der Waals surface area (Å²) in [6.07, 6.45) is -1.32. The van der Waals surface area contributed by atoms with E-state index in [0.29, 0.717) is 6.42 Å². The molecule has 0 fully saturated rings. The van der Waals surface area contributed by atoms with Crippen molar-refractivity contribution in [1.29, 1.82) is 0 Å². The van der Waals surface area contributed by atoms with Gasteiger partial charge in [0.2, 0.25) is 6.43 Å². The molecule has 0 N–H and O–H groups in total. The lowest BCUT2D eigenvalue weighted by atomic mass is 10.2. The van der Waals surface area contributed by atoms with Gasteiger partial charge in [-0.25, -0.2) is 8.78 Å². The van der Waals surface area contributed by atoms with Crippen molar-refractivity contribution in [3.05, 3.63) is 35.9 Å². The van der Waals surface area contributed by atoms with Gasteiger partial charge in [0.15, 0.2) is 0 Å². The van der Waals surface area contributed by atoms with Crippen LogP contribution in [0.3, 0.4) is 0 Å². The normalized spacial score (nSPS) is 11.6. The molecule has 0 aliphatic heterocycles. The summed E-state index contributed by atoms with van der Waals surface area (Å²) < 4.78 is 23.6. The quantitative estimate of drug-likeness (QED) is 0.504. The summed E-state index contributed by atoms with van der Waals surface area (Å²) >= 11 is 0. The SMILES string of the molecule is FC(F)CCC[SiH2]Cc1ccccc1. The van der Waals surface area contributed by atoms with Gasteiger partial charge in [-0.15, -0.1) is 0 Å². The third kappa shape index (κ3) is 5.12. The second-order valence-electron chi connectivity index (χ2n) is 3.48. The highest BCUT2D eigenvalue weighted by molar-refractivity contribution is 6.34. The number of alkyl halides is 2. The van der Waals surface area contributed by atoms with E-state index in [0.717, 1.165) is 12.1 Å². The van der Waals surface area contributed by atoms with Crippen molar-refractivity contribution in [3.63, 3.8) is 0 Å². The summed E-state index contributed by atoms with van der Waals surface area (Å²) in [5.41, 5.74) is 1.36. The lowest BCUT2D eigenvalue weighted by Crippen LogP contribution is -1.98. The van der Waals surface area contributed by atoms with Crippen LogP contribution in [0.5, 0.6) is 0 Å². The Labute approximate surface area is 86.2 Å². The molecule has 0 saturated heterocycles. The van der Waals surface area contributed by atoms with Gasteiger partial charge in [0.25, 0.3) is 0 Å². The summed E-state index contributed by atoms with van der Waals surface area (Å²) in [6, 6.07) is 12.5. The van der Waals surface area contributed by atoms with E-state index < -0.39 is 6.43 Å². The van der Waals surface area contributed by atoms with Gasteiger partial charge in [-0.1, -0.05) is 48.4 Å². The largest absolute Gasteiger partial charge is 0.238 e. The van der Waals surface area contributed by atoms with Gasteiger partial charge < -0.3 is 0 Å². The van der Waals surface area contributed by atoms with Crippen molar-refractivity contribution in [2.75, 3.05) is 0 Å². The highest BCUT2D eigenvalue weighted by atomic mass is 28.2. The van der Waals surface area contributed by atoms with Gasteiger partial charge in [-0.2, -0.15) is 0 Å². The Kier molecular flexibility index (Phi) is 5.45. The van der Waals surface area contributed by atoms with Gasteiger partial charge in [0.1, 0.15) is 0 Å². The molecular formula is C11H16F2Si. The Bertz CT molecular complexity index is 236. The van der Waals surface area contributed by atoms with Crippen molar-refractivity contribution in [2.45, 2.75) is 31.4 Å². The summed E-state index contributed by atoms with van der Waals surface area (Å²) in [5, 5.41) is 0. The topological polar surface area (TPSA) is 0 Å². The molecule has 0 aliphatic carbocycles. The zero-order valence-electron chi connectivity index (χ0n) is 8.26. The summed E-state index contributed by atoms with van der Waals surface area (Å²) in [6.45, 7) is 0. The van der Waals surface area contributed by atoms with Crippen molar-refractivity contribution in [1.82, 2.24) is 0 Å². The second kappa shape index (κ2) is 6.71. The average molecular weight is 214 g/mol. The van der Waals surface area contributed by atoms with Crippen molar-refractivity contribution in [2.24, 2.45) is 0 Å². The zero-order chi connectivity index (χ0) is 10.2. The Morgan fingerprint density at radius 2 is 1.86 bits per heavy atom. The third-order valence-corrected chi connectivity index (χ3v) is 4.16. The highest BCUT2D eigenvalue weighted by Gasteiger charge is 2.01. The minimum Gasteiger partial charge on any atom is -0.211 e. The van der Waals surface area contributed by atoms with E-state index in [1.54, 1.807) is 0 Å². The molecule has 0 atom stereocenters. The van der Waals surface area contributed by atoms with Crippen LogP contribution in [0.1, 0.15) is 18.4 Å². The molecule has 14 heavy (non-hydrogen) atoms. The van der Waals surface area contributed by atoms with E-state index in [1.165, 1.54) is 5.56 Å². The maximum absolute atomic E-state index is 11.8. The molecule has 1 rings (SSSR count). The van der Waals surface area contributed by atoms with Crippen molar-refractivity contribution < 1.29 is 8.78 Å². The summed E-state index contributed by atoms with van der Waals surface area (Å²) in [4.78, 5) is 0. The highest BCUT2D eigenvalue weighted by Crippen LogP contribution is 2.07. The molecule has 0 unspecified atom stereocenters. The lowest BCUT2D eigenvalue weighted by molar-refractivity contribution is 0.136. The molecule has 0 aliphatic rings. The minimum atomic E-state index is -2.11. The van der Waals surface area contributed by atoms with E-state index in [2.05, 4.69) is 12.1 Å². The maximum atomic E-state index is 11.8. The molecular weight excluding hydrogens is 198 g/mol. The smallest absolute Gasteiger partial charge is 0.211 e. The van der Waals surface area contributed by atoms with Crippen LogP contribution in [0.25, 0.3) is 0 Å². The fourth-order valence-corrected chi connectivity index (χ4v) is 3.08. The number of halogens is 2. The predicted octanol–water partition coefficient (Wildman–Crippen LogP) is 2.82. The molecule has 0 heterocycles. The van der Waals surface area contributed by atoms with Crippen LogP contribution in [0.15, 0.2) is 30.3 Å². The van der Waals surface area contributed by atoms with Crippen LogP contribution < -0.4 is 0 Å². The van der Waals surface area contributed by atoms with E-state index in [9.17, 15) is 8.78 Å². The Hall–Kier alpha value is -0.703. The van der Waals surface area contributed by atoms with E-state index in [4.69, 9.17) is 0 Å². The summed E-state index contributed by atoms with van der Waals surface area (Å²) in [5.74, 6) is 0. The van der Waals surface area contributed by atoms with Gasteiger partial charge in [-0.05, 0) is 6.04 Å². The first-order valence-electron chi connectivity index (χ1n) is 5.11. The first-order valence-corrected chi connectivity index (χ1v) is 7.11. The Morgan fingerprint density at radius 1 is 1.14 bits per heavy atom.